The van der Waals surface area contributed by atoms with Crippen LogP contribution in [0.1, 0.15) is 5.56 Å². The molecule has 0 fully saturated rings. The van der Waals surface area contributed by atoms with Gasteiger partial charge in [0.1, 0.15) is 0 Å². The quantitative estimate of drug-likeness (QED) is 0.191. The van der Waals surface area contributed by atoms with Crippen molar-refractivity contribution >= 4 is 21.9 Å². The number of benzene rings is 4. The predicted octanol–water partition coefficient (Wildman–Crippen LogP) is 7.62. The maximum absolute atomic E-state index is 4.67. The minimum atomic E-state index is 0. The summed E-state index contributed by atoms with van der Waals surface area (Å²) in [6.07, 6.45) is 1.85. The van der Waals surface area contributed by atoms with Crippen LogP contribution in [0.25, 0.3) is 49.9 Å². The number of hydrogen-bond donors (Lipinski definition) is 0. The van der Waals surface area contributed by atoms with Gasteiger partial charge in [-0.05, 0) is 47.8 Å². The Labute approximate surface area is 206 Å². The predicted molar refractivity (Wildman–Crippen MR) is 133 cm³/mol. The van der Waals surface area contributed by atoms with E-state index in [0.29, 0.717) is 0 Å². The zero-order valence-electron chi connectivity index (χ0n) is 18.1. The number of rotatable bonds is 3. The fraction of sp³-hybridized carbons (Fsp3) is 0.0333. The largest absolute Gasteiger partial charge is 0.358 e. The molecular formula is C30H21IrN2-. The standard InChI is InChI=1S/C30H21N2.Ir/c1-21-17-24(22-9-4-2-5-10-22)19-25(18-21)23-14-15-27-29(20-23)32(26-11-6-3-7-12-26)28-13-8-16-31-30(27)28;/h2-14,16-20H,1H3;/q-1;. The van der Waals surface area contributed by atoms with Crippen molar-refractivity contribution in [2.24, 2.45) is 0 Å². The van der Waals surface area contributed by atoms with Crippen LogP contribution in [0.4, 0.5) is 0 Å². The van der Waals surface area contributed by atoms with Crippen molar-refractivity contribution in [3.63, 3.8) is 0 Å². The van der Waals surface area contributed by atoms with E-state index in [4.69, 9.17) is 0 Å². The van der Waals surface area contributed by atoms with Crippen molar-refractivity contribution < 1.29 is 20.1 Å². The molecule has 1 radical (unpaired) electrons. The molecule has 33 heavy (non-hydrogen) atoms. The molecule has 0 bridgehead atoms. The van der Waals surface area contributed by atoms with Crippen molar-refractivity contribution in [2.45, 2.75) is 6.92 Å². The number of nitrogens with zero attached hydrogens (tertiary/aromatic N) is 2. The first kappa shape index (κ1) is 21.3. The number of fused-ring (bicyclic) bond motifs is 3. The number of para-hydroxylation sites is 1. The molecule has 6 aromatic rings. The third kappa shape index (κ3) is 3.80. The Morgan fingerprint density at radius 3 is 2.12 bits per heavy atom. The molecule has 0 unspecified atom stereocenters. The van der Waals surface area contributed by atoms with Crippen LogP contribution < -0.4 is 0 Å². The third-order valence-electron chi connectivity index (χ3n) is 5.96. The molecule has 0 aliphatic carbocycles. The van der Waals surface area contributed by atoms with E-state index < -0.39 is 0 Å². The molecule has 0 saturated carbocycles. The summed E-state index contributed by atoms with van der Waals surface area (Å²) in [5.74, 6) is 0. The van der Waals surface area contributed by atoms with E-state index in [-0.39, 0.29) is 20.1 Å². The van der Waals surface area contributed by atoms with Gasteiger partial charge in [0.05, 0.1) is 0 Å². The van der Waals surface area contributed by atoms with Crippen LogP contribution in [-0.4, -0.2) is 9.55 Å². The van der Waals surface area contributed by atoms with Crippen LogP contribution in [0.15, 0.2) is 109 Å². The summed E-state index contributed by atoms with van der Waals surface area (Å²) in [5, 5.41) is 1.05. The maximum Gasteiger partial charge on any atom is 0.0366 e. The Balaban J connectivity index is 0.00000228. The molecule has 2 heterocycles. The van der Waals surface area contributed by atoms with Gasteiger partial charge in [-0.25, -0.2) is 0 Å². The Bertz CT molecular complexity index is 1570. The van der Waals surface area contributed by atoms with Crippen molar-refractivity contribution in [3.05, 3.63) is 121 Å². The van der Waals surface area contributed by atoms with Gasteiger partial charge in [0.2, 0.25) is 0 Å². The number of hydrogen-bond acceptors (Lipinski definition) is 1. The van der Waals surface area contributed by atoms with Gasteiger partial charge in [-0.1, -0.05) is 88.8 Å². The number of pyridine rings is 1. The van der Waals surface area contributed by atoms with Gasteiger partial charge in [0, 0.05) is 43.0 Å². The SMILES string of the molecule is Cc1cc(-c2ccccc2)cc(-c2c[c-]c3c4ncccc4n(-c4ccccc4)c3c2)c1.[Ir]. The smallest absolute Gasteiger partial charge is 0.0366 e. The minimum absolute atomic E-state index is 0. The summed E-state index contributed by atoms with van der Waals surface area (Å²) in [6, 6.07) is 39.8. The Morgan fingerprint density at radius 1 is 0.667 bits per heavy atom. The van der Waals surface area contributed by atoms with E-state index >= 15 is 0 Å². The molecule has 4 aromatic carbocycles. The molecule has 0 spiro atoms. The molecule has 0 aliphatic heterocycles. The maximum atomic E-state index is 4.67. The normalized spacial score (nSPS) is 10.9. The molecule has 0 N–H and O–H groups in total. The van der Waals surface area contributed by atoms with Crippen LogP contribution in [0.2, 0.25) is 0 Å². The van der Waals surface area contributed by atoms with Crippen LogP contribution >= 0.6 is 0 Å². The summed E-state index contributed by atoms with van der Waals surface area (Å²) < 4.78 is 2.28. The van der Waals surface area contributed by atoms with E-state index in [2.05, 4.69) is 114 Å². The first-order valence-electron chi connectivity index (χ1n) is 10.8. The van der Waals surface area contributed by atoms with Crippen LogP contribution in [0, 0.1) is 13.0 Å². The fourth-order valence-corrected chi connectivity index (χ4v) is 4.52. The van der Waals surface area contributed by atoms with Crippen LogP contribution in [0.3, 0.4) is 0 Å². The van der Waals surface area contributed by atoms with E-state index in [1.807, 2.05) is 18.3 Å². The molecule has 6 rings (SSSR count). The molecule has 0 saturated heterocycles. The Morgan fingerprint density at radius 2 is 1.36 bits per heavy atom. The summed E-state index contributed by atoms with van der Waals surface area (Å²) >= 11 is 0. The molecule has 2 aromatic heterocycles. The zero-order valence-corrected chi connectivity index (χ0v) is 20.5. The first-order valence-corrected chi connectivity index (χ1v) is 10.8. The topological polar surface area (TPSA) is 17.8 Å². The average Bonchev–Trinajstić information content (AvgIpc) is 3.18. The van der Waals surface area contributed by atoms with Gasteiger partial charge in [-0.3, -0.25) is 0 Å². The van der Waals surface area contributed by atoms with E-state index in [1.165, 1.54) is 22.3 Å². The minimum Gasteiger partial charge on any atom is -0.358 e. The molecule has 161 valence electrons. The molecule has 0 aliphatic rings. The monoisotopic (exact) mass is 602 g/mol. The van der Waals surface area contributed by atoms with Gasteiger partial charge in [-0.2, -0.15) is 0 Å². The summed E-state index contributed by atoms with van der Waals surface area (Å²) in [4.78, 5) is 4.67. The first-order chi connectivity index (χ1) is 15.8. The van der Waals surface area contributed by atoms with E-state index in [1.54, 1.807) is 0 Å². The second-order valence-electron chi connectivity index (χ2n) is 8.14. The Hall–Kier alpha value is -3.52. The Kier molecular flexibility index (Phi) is 5.68. The third-order valence-corrected chi connectivity index (χ3v) is 5.96. The number of aromatic nitrogens is 2. The van der Waals surface area contributed by atoms with E-state index in [9.17, 15) is 0 Å². The van der Waals surface area contributed by atoms with Crippen molar-refractivity contribution in [1.29, 1.82) is 0 Å². The van der Waals surface area contributed by atoms with Gasteiger partial charge in [0.15, 0.2) is 0 Å². The van der Waals surface area contributed by atoms with Crippen LogP contribution in [0.5, 0.6) is 0 Å². The average molecular weight is 602 g/mol. The van der Waals surface area contributed by atoms with Crippen molar-refractivity contribution in [1.82, 2.24) is 9.55 Å². The second-order valence-corrected chi connectivity index (χ2v) is 8.14. The van der Waals surface area contributed by atoms with Gasteiger partial charge in [0.25, 0.3) is 0 Å². The zero-order chi connectivity index (χ0) is 21.5. The molecule has 0 amide bonds. The molecule has 2 nitrogen and oxygen atoms in total. The second kappa shape index (κ2) is 8.78. The summed E-state index contributed by atoms with van der Waals surface area (Å²) in [6.45, 7) is 2.16. The molecular weight excluding hydrogens is 581 g/mol. The van der Waals surface area contributed by atoms with Crippen molar-refractivity contribution in [2.75, 3.05) is 0 Å². The fourth-order valence-electron chi connectivity index (χ4n) is 4.52. The number of aryl methyl sites for hydroxylation is 1. The van der Waals surface area contributed by atoms with Crippen molar-refractivity contribution in [3.8, 4) is 27.9 Å². The summed E-state index contributed by atoms with van der Waals surface area (Å²) in [7, 11) is 0. The summed E-state index contributed by atoms with van der Waals surface area (Å²) in [5.41, 5.74) is 10.4. The molecule has 3 heteroatoms. The molecule has 0 atom stereocenters. The van der Waals surface area contributed by atoms with Crippen LogP contribution in [-0.2, 0) is 20.1 Å². The van der Waals surface area contributed by atoms with Gasteiger partial charge in [-0.15, -0.1) is 18.2 Å². The van der Waals surface area contributed by atoms with E-state index in [0.717, 1.165) is 33.2 Å². The van der Waals surface area contributed by atoms with Gasteiger partial charge >= 0.3 is 0 Å². The van der Waals surface area contributed by atoms with Gasteiger partial charge < -0.3 is 9.55 Å².